The van der Waals surface area contributed by atoms with E-state index >= 15 is 0 Å². The molecule has 1 amide bonds. The molecule has 0 atom stereocenters. The average molecular weight is 275 g/mol. The maximum Gasteiger partial charge on any atom is 0.221 e. The summed E-state index contributed by atoms with van der Waals surface area (Å²) in [6.45, 7) is 1.85. The van der Waals surface area contributed by atoms with E-state index in [0.717, 1.165) is 10.9 Å². The molecule has 1 rings (SSSR count). The first-order valence-electron chi connectivity index (χ1n) is 4.87. The molecule has 0 saturated heterocycles. The lowest BCUT2D eigenvalue weighted by atomic mass is 10.3. The third kappa shape index (κ3) is 4.94. The zero-order valence-corrected chi connectivity index (χ0v) is 10.0. The minimum atomic E-state index is 0.0371. The van der Waals surface area contributed by atoms with Crippen LogP contribution < -0.4 is 11.1 Å². The van der Waals surface area contributed by atoms with E-state index in [1.165, 1.54) is 0 Å². The number of aromatic nitrogens is 2. The lowest BCUT2D eigenvalue weighted by Gasteiger charge is -2.03. The Kier molecular flexibility index (Phi) is 5.34. The van der Waals surface area contributed by atoms with E-state index in [0.29, 0.717) is 26.1 Å². The first-order valence-corrected chi connectivity index (χ1v) is 5.66. The normalized spacial score (nSPS) is 10.3. The van der Waals surface area contributed by atoms with Crippen LogP contribution in [0.15, 0.2) is 16.9 Å². The van der Waals surface area contributed by atoms with Crippen LogP contribution in [-0.2, 0) is 11.3 Å². The van der Waals surface area contributed by atoms with Gasteiger partial charge in [0.2, 0.25) is 5.91 Å². The molecule has 6 heteroatoms. The van der Waals surface area contributed by atoms with Crippen molar-refractivity contribution in [3.63, 3.8) is 0 Å². The molecule has 0 aliphatic rings. The van der Waals surface area contributed by atoms with E-state index < -0.39 is 0 Å². The molecule has 1 heterocycles. The third-order valence-corrected chi connectivity index (χ3v) is 2.28. The number of rotatable bonds is 6. The number of aryl methyl sites for hydroxylation is 1. The number of nitrogens with one attached hydrogen (secondary N) is 1. The van der Waals surface area contributed by atoms with E-state index in [-0.39, 0.29) is 5.91 Å². The fraction of sp³-hybridized carbons (Fsp3) is 0.556. The second-order valence-electron chi connectivity index (χ2n) is 3.16. The number of hydrogen-bond acceptors (Lipinski definition) is 3. The van der Waals surface area contributed by atoms with Gasteiger partial charge >= 0.3 is 0 Å². The van der Waals surface area contributed by atoms with Crippen LogP contribution in [0.25, 0.3) is 0 Å². The topological polar surface area (TPSA) is 72.9 Å². The largest absolute Gasteiger partial charge is 0.356 e. The molecule has 0 aromatic carbocycles. The van der Waals surface area contributed by atoms with E-state index in [9.17, 15) is 4.79 Å². The molecular formula is C9H15BrN4O. The number of nitrogens with two attached hydrogens (primary N) is 1. The van der Waals surface area contributed by atoms with Crippen molar-refractivity contribution in [3.05, 3.63) is 16.9 Å². The molecule has 0 aliphatic heterocycles. The number of carbonyl (C=O) groups excluding carboxylic acids is 1. The van der Waals surface area contributed by atoms with E-state index in [2.05, 4.69) is 26.3 Å². The molecule has 5 nitrogen and oxygen atoms in total. The SMILES string of the molecule is NCCCNC(=O)CCn1cc(Br)cn1. The lowest BCUT2D eigenvalue weighted by molar-refractivity contribution is -0.121. The Balaban J connectivity index is 2.16. The van der Waals surface area contributed by atoms with Crippen molar-refractivity contribution in [1.29, 1.82) is 0 Å². The minimum absolute atomic E-state index is 0.0371. The average Bonchev–Trinajstić information content (AvgIpc) is 2.62. The number of halogens is 1. The molecule has 0 unspecified atom stereocenters. The van der Waals surface area contributed by atoms with Crippen LogP contribution in [0.4, 0.5) is 0 Å². The number of nitrogens with zero attached hydrogens (tertiary/aromatic N) is 2. The summed E-state index contributed by atoms with van der Waals surface area (Å²) in [5, 5.41) is 6.84. The summed E-state index contributed by atoms with van der Waals surface area (Å²) in [5.74, 6) is 0.0371. The summed E-state index contributed by atoms with van der Waals surface area (Å²) in [4.78, 5) is 11.3. The van der Waals surface area contributed by atoms with Crippen LogP contribution in [0.5, 0.6) is 0 Å². The van der Waals surface area contributed by atoms with Gasteiger partial charge in [-0.3, -0.25) is 9.48 Å². The van der Waals surface area contributed by atoms with Gasteiger partial charge in [-0.15, -0.1) is 0 Å². The van der Waals surface area contributed by atoms with Crippen molar-refractivity contribution in [3.8, 4) is 0 Å². The summed E-state index contributed by atoms with van der Waals surface area (Å²) < 4.78 is 2.65. The Morgan fingerprint density at radius 1 is 1.67 bits per heavy atom. The van der Waals surface area contributed by atoms with E-state index in [1.54, 1.807) is 10.9 Å². The van der Waals surface area contributed by atoms with Gasteiger partial charge in [0.25, 0.3) is 0 Å². The molecule has 3 N–H and O–H groups in total. The standard InChI is InChI=1S/C9H15BrN4O/c10-8-6-13-14(7-8)5-2-9(15)12-4-1-3-11/h6-7H,1-5,11H2,(H,12,15). The third-order valence-electron chi connectivity index (χ3n) is 1.87. The van der Waals surface area contributed by atoms with Gasteiger partial charge in [0.15, 0.2) is 0 Å². The summed E-state index contributed by atoms with van der Waals surface area (Å²) in [6.07, 6.45) is 4.80. The second-order valence-corrected chi connectivity index (χ2v) is 4.08. The summed E-state index contributed by atoms with van der Waals surface area (Å²) in [6, 6.07) is 0. The van der Waals surface area contributed by atoms with Gasteiger partial charge in [-0.05, 0) is 28.9 Å². The molecule has 0 fully saturated rings. The van der Waals surface area contributed by atoms with Crippen LogP contribution in [0.3, 0.4) is 0 Å². The summed E-state index contributed by atoms with van der Waals surface area (Å²) in [7, 11) is 0. The highest BCUT2D eigenvalue weighted by molar-refractivity contribution is 9.10. The van der Waals surface area contributed by atoms with Crippen LogP contribution in [0.1, 0.15) is 12.8 Å². The predicted molar refractivity (Wildman–Crippen MR) is 61.2 cm³/mol. The first kappa shape index (κ1) is 12.2. The highest BCUT2D eigenvalue weighted by Crippen LogP contribution is 2.06. The van der Waals surface area contributed by atoms with Gasteiger partial charge < -0.3 is 11.1 Å². The molecule has 0 aliphatic carbocycles. The van der Waals surface area contributed by atoms with Gasteiger partial charge in [0.1, 0.15) is 0 Å². The van der Waals surface area contributed by atoms with Crippen molar-refractivity contribution >= 4 is 21.8 Å². The van der Waals surface area contributed by atoms with Crippen LogP contribution in [0.2, 0.25) is 0 Å². The maximum absolute atomic E-state index is 11.3. The zero-order valence-electron chi connectivity index (χ0n) is 8.45. The van der Waals surface area contributed by atoms with Crippen LogP contribution in [-0.4, -0.2) is 28.8 Å². The Hall–Kier alpha value is -0.880. The number of carbonyl (C=O) groups is 1. The zero-order chi connectivity index (χ0) is 11.1. The van der Waals surface area contributed by atoms with Crippen molar-refractivity contribution in [2.24, 2.45) is 5.73 Å². The fourth-order valence-electron chi connectivity index (χ4n) is 1.09. The highest BCUT2D eigenvalue weighted by atomic mass is 79.9. The molecule has 0 saturated carbocycles. The molecule has 0 bridgehead atoms. The van der Waals surface area contributed by atoms with Gasteiger partial charge in [-0.25, -0.2) is 0 Å². The predicted octanol–water partition coefficient (Wildman–Crippen LogP) is 0.501. The maximum atomic E-state index is 11.3. The van der Waals surface area contributed by atoms with Gasteiger partial charge in [-0.2, -0.15) is 5.10 Å². The summed E-state index contributed by atoms with van der Waals surface area (Å²) >= 11 is 3.29. The highest BCUT2D eigenvalue weighted by Gasteiger charge is 2.01. The van der Waals surface area contributed by atoms with Gasteiger partial charge in [0, 0.05) is 25.7 Å². The monoisotopic (exact) mass is 274 g/mol. The smallest absolute Gasteiger partial charge is 0.221 e. The molecular weight excluding hydrogens is 260 g/mol. The first-order chi connectivity index (χ1) is 7.22. The summed E-state index contributed by atoms with van der Waals surface area (Å²) in [5.41, 5.74) is 5.31. The quantitative estimate of drug-likeness (QED) is 0.742. The minimum Gasteiger partial charge on any atom is -0.356 e. The number of amides is 1. The Labute approximate surface area is 97.1 Å². The van der Waals surface area contributed by atoms with Crippen molar-refractivity contribution in [2.75, 3.05) is 13.1 Å². The molecule has 1 aromatic rings. The van der Waals surface area contributed by atoms with Crippen molar-refractivity contribution in [2.45, 2.75) is 19.4 Å². The molecule has 15 heavy (non-hydrogen) atoms. The Morgan fingerprint density at radius 3 is 3.07 bits per heavy atom. The Morgan fingerprint density at radius 2 is 2.47 bits per heavy atom. The van der Waals surface area contributed by atoms with E-state index in [4.69, 9.17) is 5.73 Å². The molecule has 0 spiro atoms. The second kappa shape index (κ2) is 6.58. The molecule has 84 valence electrons. The van der Waals surface area contributed by atoms with Gasteiger partial charge in [-0.1, -0.05) is 0 Å². The van der Waals surface area contributed by atoms with Crippen LogP contribution in [0, 0.1) is 0 Å². The van der Waals surface area contributed by atoms with E-state index in [1.807, 2.05) is 6.20 Å². The van der Waals surface area contributed by atoms with Crippen molar-refractivity contribution < 1.29 is 4.79 Å². The molecule has 0 radical (unpaired) electrons. The van der Waals surface area contributed by atoms with Crippen LogP contribution >= 0.6 is 15.9 Å². The van der Waals surface area contributed by atoms with Crippen molar-refractivity contribution in [1.82, 2.24) is 15.1 Å². The number of hydrogen-bond donors (Lipinski definition) is 2. The fourth-order valence-corrected chi connectivity index (χ4v) is 1.42. The lowest BCUT2D eigenvalue weighted by Crippen LogP contribution is -2.26. The molecule has 1 aromatic heterocycles. The van der Waals surface area contributed by atoms with Gasteiger partial charge in [0.05, 0.1) is 10.7 Å². The Bertz CT molecular complexity index is 313.